The normalized spacial score (nSPS) is 35.4. The van der Waals surface area contributed by atoms with Crippen molar-refractivity contribution in [2.24, 2.45) is 0 Å². The Morgan fingerprint density at radius 2 is 0.842 bits per heavy atom. The van der Waals surface area contributed by atoms with Gasteiger partial charge in [0.1, 0.15) is 0 Å². The number of hydrogen-bond acceptors (Lipinski definition) is 0. The number of hydrogen-bond donors (Lipinski definition) is 0. The molecular formula is C16H36P2Rh+2. The van der Waals surface area contributed by atoms with E-state index < -0.39 is 0 Å². The predicted octanol–water partition coefficient (Wildman–Crippen LogP) is 5.45. The van der Waals surface area contributed by atoms with E-state index in [1.807, 2.05) is 0 Å². The second kappa shape index (κ2) is 10.2. The van der Waals surface area contributed by atoms with Crippen molar-refractivity contribution in [2.45, 2.75) is 76.0 Å². The van der Waals surface area contributed by atoms with E-state index in [0.717, 1.165) is 22.6 Å². The van der Waals surface area contributed by atoms with Gasteiger partial charge in [-0.2, -0.15) is 0 Å². The first-order valence-corrected chi connectivity index (χ1v) is 11.0. The van der Waals surface area contributed by atoms with E-state index in [-0.39, 0.29) is 50.2 Å². The first kappa shape index (κ1) is 22.8. The van der Waals surface area contributed by atoms with Gasteiger partial charge in [0.2, 0.25) is 0 Å². The molecule has 2 rings (SSSR count). The maximum Gasteiger partial charge on any atom is 2.00 e. The summed E-state index contributed by atoms with van der Waals surface area (Å²) < 4.78 is 0. The van der Waals surface area contributed by atoms with Gasteiger partial charge >= 0.3 is 19.5 Å². The summed E-state index contributed by atoms with van der Waals surface area (Å²) in [6.07, 6.45) is 9.50. The van der Waals surface area contributed by atoms with E-state index in [9.17, 15) is 0 Å². The van der Waals surface area contributed by atoms with Gasteiger partial charge in [-0.25, -0.2) is 0 Å². The van der Waals surface area contributed by atoms with Crippen LogP contribution in [0.5, 0.6) is 0 Å². The van der Waals surface area contributed by atoms with Gasteiger partial charge in [-0.1, -0.05) is 0 Å². The zero-order chi connectivity index (χ0) is 11.7. The molecule has 2 aliphatic rings. The smallest absolute Gasteiger partial charge is 0.358 e. The number of rotatable bonds is 3. The van der Waals surface area contributed by atoms with Gasteiger partial charge in [0.15, 0.2) is 0 Å². The van der Waals surface area contributed by atoms with Crippen LogP contribution in [0.1, 0.15) is 53.4 Å². The van der Waals surface area contributed by atoms with Crippen LogP contribution in [-0.2, 0) is 19.5 Å². The monoisotopic (exact) mass is 393 g/mol. The van der Waals surface area contributed by atoms with Crippen LogP contribution in [0.25, 0.3) is 0 Å². The molecule has 2 heterocycles. The topological polar surface area (TPSA) is 0 Å². The molecule has 19 heavy (non-hydrogen) atoms. The van der Waals surface area contributed by atoms with Gasteiger partial charge in [-0.15, -0.1) is 0 Å². The maximum absolute atomic E-state index is 2.54. The maximum atomic E-state index is 2.54. The van der Waals surface area contributed by atoms with E-state index in [0.29, 0.717) is 0 Å². The summed E-state index contributed by atoms with van der Waals surface area (Å²) >= 11 is 0. The van der Waals surface area contributed by atoms with Crippen LogP contribution in [0.4, 0.5) is 0 Å². The second-order valence-electron chi connectivity index (χ2n) is 6.41. The summed E-state index contributed by atoms with van der Waals surface area (Å²) in [5.41, 5.74) is 4.48. The van der Waals surface area contributed by atoms with Crippen molar-refractivity contribution >= 4 is 15.8 Å². The zero-order valence-corrected chi connectivity index (χ0v) is 17.5. The van der Waals surface area contributed by atoms with Crippen molar-refractivity contribution in [2.75, 3.05) is 12.3 Å². The van der Waals surface area contributed by atoms with E-state index in [2.05, 4.69) is 27.7 Å². The summed E-state index contributed by atoms with van der Waals surface area (Å²) in [7, 11) is 0.0490. The second-order valence-corrected chi connectivity index (χ2v) is 13.7. The average molecular weight is 393 g/mol. The minimum absolute atomic E-state index is 0. The average Bonchev–Trinajstić information content (AvgIpc) is 2.72. The third-order valence-electron chi connectivity index (χ3n) is 5.30. The van der Waals surface area contributed by atoms with Crippen molar-refractivity contribution in [1.82, 2.24) is 0 Å². The summed E-state index contributed by atoms with van der Waals surface area (Å²) in [5, 5.41) is 0. The molecule has 0 aromatic heterocycles. The van der Waals surface area contributed by atoms with E-state index in [1.54, 1.807) is 38.0 Å². The fraction of sp³-hybridized carbons (Fsp3) is 0.875. The van der Waals surface area contributed by atoms with Crippen molar-refractivity contribution in [1.29, 1.82) is 0 Å². The first-order valence-electron chi connectivity index (χ1n) is 7.30. The Bertz CT molecular complexity index is 191. The molecule has 117 valence electrons. The van der Waals surface area contributed by atoms with Crippen molar-refractivity contribution in [3.05, 3.63) is 14.9 Å². The minimum Gasteiger partial charge on any atom is -0.358 e. The Morgan fingerprint density at radius 1 is 0.632 bits per heavy atom. The summed E-state index contributed by atoms with van der Waals surface area (Å²) in [5.74, 6) is 0. The molecule has 0 saturated carbocycles. The van der Waals surface area contributed by atoms with Gasteiger partial charge in [-0.3, -0.25) is 0 Å². The summed E-state index contributed by atoms with van der Waals surface area (Å²) in [4.78, 5) is 0. The van der Waals surface area contributed by atoms with Crippen LogP contribution in [0.15, 0.2) is 0 Å². The minimum atomic E-state index is 0. The molecule has 4 atom stereocenters. The molecule has 0 aromatic carbocycles. The van der Waals surface area contributed by atoms with Crippen molar-refractivity contribution in [3.63, 3.8) is 0 Å². The quantitative estimate of drug-likeness (QED) is 0.340. The van der Waals surface area contributed by atoms with Crippen LogP contribution in [0.3, 0.4) is 0 Å². The van der Waals surface area contributed by atoms with Gasteiger partial charge in [0.25, 0.3) is 0 Å². The molecule has 1 radical (unpaired) electrons. The summed E-state index contributed by atoms with van der Waals surface area (Å²) in [6.45, 7) is 10.2. The Hall–Kier alpha value is 1.48. The molecule has 0 N–H and O–H groups in total. The van der Waals surface area contributed by atoms with E-state index in [4.69, 9.17) is 0 Å². The molecule has 2 aliphatic heterocycles. The largest absolute Gasteiger partial charge is 2.00 e. The molecular weight excluding hydrogens is 357 g/mol. The zero-order valence-electron chi connectivity index (χ0n) is 13.9. The molecule has 0 bridgehead atoms. The Morgan fingerprint density at radius 3 is 1.05 bits per heavy atom. The molecule has 0 aliphatic carbocycles. The van der Waals surface area contributed by atoms with Gasteiger partial charge in [0.05, 0.1) is 35.0 Å². The van der Waals surface area contributed by atoms with Crippen LogP contribution >= 0.6 is 15.8 Å². The SMILES string of the molecule is C[C@H]1CC[C@H](C)[PH+]1CC[PH+]1[C@@H](C)CC[C@@H]1C.[CH3-].[CH3-].[Rh+2]. The van der Waals surface area contributed by atoms with Crippen LogP contribution in [0.2, 0.25) is 0 Å². The van der Waals surface area contributed by atoms with Crippen molar-refractivity contribution < 1.29 is 19.5 Å². The van der Waals surface area contributed by atoms with Crippen LogP contribution in [0, 0.1) is 14.9 Å². The Labute approximate surface area is 138 Å². The standard InChI is InChI=1S/C14H28P2.2CH3.Rh/c1-11-5-6-12(2)15(11)9-10-16-13(3)7-8-14(16)4;;;/h11-14H,5-10H2,1-4H3;2*1H3;/q;2*-1;+2/p+2/t11-,12-,13-,14-;;;/m0.../s1. The fourth-order valence-electron chi connectivity index (χ4n) is 3.99. The van der Waals surface area contributed by atoms with E-state index >= 15 is 0 Å². The molecule has 3 heteroatoms. The molecule has 0 aromatic rings. The molecule has 0 amide bonds. The molecule has 2 saturated heterocycles. The van der Waals surface area contributed by atoms with Crippen LogP contribution in [-0.4, -0.2) is 35.0 Å². The molecule has 0 nitrogen and oxygen atoms in total. The van der Waals surface area contributed by atoms with Gasteiger partial charge < -0.3 is 14.9 Å². The summed E-state index contributed by atoms with van der Waals surface area (Å²) in [6, 6.07) is 0. The first-order chi connectivity index (χ1) is 7.59. The van der Waals surface area contributed by atoms with Crippen LogP contribution < -0.4 is 0 Å². The molecule has 0 spiro atoms. The fourth-order valence-corrected chi connectivity index (χ4v) is 12.4. The Kier molecular flexibility index (Phi) is 12.3. The van der Waals surface area contributed by atoms with E-state index in [1.165, 1.54) is 0 Å². The third kappa shape index (κ3) is 5.64. The predicted molar refractivity (Wildman–Crippen MR) is 95.5 cm³/mol. The molecule has 0 unspecified atom stereocenters. The third-order valence-corrected chi connectivity index (χ3v) is 13.7. The Balaban J connectivity index is 0. The van der Waals surface area contributed by atoms with Crippen molar-refractivity contribution in [3.8, 4) is 0 Å². The van der Waals surface area contributed by atoms with Gasteiger partial charge in [-0.05, 0) is 53.4 Å². The van der Waals surface area contributed by atoms with Gasteiger partial charge in [0, 0.05) is 15.8 Å². The molecule has 2 fully saturated rings.